The molecule has 0 spiro atoms. The molecule has 3 atom stereocenters. The van der Waals surface area contributed by atoms with Gasteiger partial charge in [0, 0.05) is 6.42 Å². The highest BCUT2D eigenvalue weighted by Gasteiger charge is 2.23. The number of rotatable bonds is 58. The zero-order valence-electron chi connectivity index (χ0n) is 50.9. The number of allylic oxidation sites excluding steroid dienone is 15. The third-order valence-electron chi connectivity index (χ3n) is 14.0. The van der Waals surface area contributed by atoms with Crippen LogP contribution in [0.5, 0.6) is 0 Å². The number of aliphatic hydroxyl groups excluding tert-OH is 1. The lowest BCUT2D eigenvalue weighted by molar-refractivity contribution is -0.870. The molecular weight excluding hydrogens is 972 g/mol. The van der Waals surface area contributed by atoms with Crippen molar-refractivity contribution >= 4 is 13.7 Å². The van der Waals surface area contributed by atoms with E-state index in [0.29, 0.717) is 23.9 Å². The van der Waals surface area contributed by atoms with E-state index in [4.69, 9.17) is 9.05 Å². The van der Waals surface area contributed by atoms with Crippen LogP contribution in [-0.4, -0.2) is 68.5 Å². The number of carbonyl (C=O) groups excluding carboxylic acids is 1. The number of hydrogen-bond acceptors (Lipinski definition) is 6. The third kappa shape index (κ3) is 60.9. The summed E-state index contributed by atoms with van der Waals surface area (Å²) in [6, 6.07) is -0.913. The summed E-state index contributed by atoms with van der Waals surface area (Å²) in [6.45, 7) is 4.53. The molecule has 0 aromatic rings. The standard InChI is InChI=1S/C68H123N2O6P/c1-6-8-10-12-14-16-18-20-22-24-26-28-30-32-33-34-35-36-38-39-41-43-45-47-49-51-53-55-57-59-61-67(71)66(65-76-77(73,74)75-64-63-70(3,4)5)69-68(72)62-60-58-56-54-52-50-48-46-44-42-40-37-31-29-27-25-23-21-19-17-15-13-11-9-7-2/h9,11,15,17,21,23,27,29,37,40,44,46,50,52,59,61,66-67,71H,6-8,10,12-14,16,18-20,22,24-26,28,30-36,38-39,41-43,45,47-49,51,53-58,60,62-65H2,1-5H3,(H-,69,72,73,74)/b11-9-,17-15-,23-21-,29-27-,40-37-,46-44-,52-50-,61-59+. The van der Waals surface area contributed by atoms with Gasteiger partial charge in [0.15, 0.2) is 0 Å². The van der Waals surface area contributed by atoms with Crippen LogP contribution in [0.3, 0.4) is 0 Å². The molecule has 0 aliphatic carbocycles. The van der Waals surface area contributed by atoms with Crippen molar-refractivity contribution in [1.29, 1.82) is 0 Å². The van der Waals surface area contributed by atoms with E-state index in [9.17, 15) is 19.4 Å². The van der Waals surface area contributed by atoms with Gasteiger partial charge in [-0.15, -0.1) is 0 Å². The maximum Gasteiger partial charge on any atom is 0.268 e. The zero-order valence-corrected chi connectivity index (χ0v) is 51.8. The summed E-state index contributed by atoms with van der Waals surface area (Å²) in [5, 5.41) is 13.9. The van der Waals surface area contributed by atoms with Crippen molar-refractivity contribution in [3.05, 3.63) is 97.2 Å². The van der Waals surface area contributed by atoms with Crippen molar-refractivity contribution in [2.75, 3.05) is 40.9 Å². The van der Waals surface area contributed by atoms with Gasteiger partial charge in [0.2, 0.25) is 5.91 Å². The molecule has 0 radical (unpaired) electrons. The molecule has 0 aliphatic rings. The van der Waals surface area contributed by atoms with E-state index in [1.54, 1.807) is 6.08 Å². The lowest BCUT2D eigenvalue weighted by Crippen LogP contribution is -2.45. The van der Waals surface area contributed by atoms with Gasteiger partial charge >= 0.3 is 0 Å². The highest BCUT2D eigenvalue weighted by atomic mass is 31.2. The molecule has 0 fully saturated rings. The van der Waals surface area contributed by atoms with Gasteiger partial charge in [0.25, 0.3) is 7.82 Å². The number of likely N-dealkylation sites (N-methyl/N-ethyl adjacent to an activating group) is 1. The van der Waals surface area contributed by atoms with Gasteiger partial charge in [-0.05, 0) is 77.0 Å². The Kier molecular flexibility index (Phi) is 56.1. The molecule has 3 unspecified atom stereocenters. The average Bonchev–Trinajstić information content (AvgIpc) is 3.39. The minimum absolute atomic E-state index is 0.0128. The zero-order chi connectivity index (χ0) is 56.3. The fourth-order valence-corrected chi connectivity index (χ4v) is 9.80. The van der Waals surface area contributed by atoms with E-state index in [1.807, 2.05) is 27.2 Å². The lowest BCUT2D eigenvalue weighted by atomic mass is 10.0. The monoisotopic (exact) mass is 1090 g/mol. The van der Waals surface area contributed by atoms with Crippen LogP contribution in [0.1, 0.15) is 277 Å². The summed E-state index contributed by atoms with van der Waals surface area (Å²) in [5.41, 5.74) is 0. The minimum Gasteiger partial charge on any atom is -0.756 e. The quantitative estimate of drug-likeness (QED) is 0.0272. The highest BCUT2D eigenvalue weighted by Crippen LogP contribution is 2.38. The predicted octanol–water partition coefficient (Wildman–Crippen LogP) is 19.5. The van der Waals surface area contributed by atoms with Crippen molar-refractivity contribution in [2.24, 2.45) is 0 Å². The Morgan fingerprint density at radius 3 is 1.16 bits per heavy atom. The van der Waals surface area contributed by atoms with Crippen LogP contribution < -0.4 is 10.2 Å². The van der Waals surface area contributed by atoms with E-state index in [2.05, 4.69) is 104 Å². The second-order valence-electron chi connectivity index (χ2n) is 22.7. The predicted molar refractivity (Wildman–Crippen MR) is 334 cm³/mol. The van der Waals surface area contributed by atoms with E-state index < -0.39 is 26.6 Å². The van der Waals surface area contributed by atoms with E-state index in [-0.39, 0.29) is 12.5 Å². The van der Waals surface area contributed by atoms with E-state index in [1.165, 1.54) is 167 Å². The molecule has 0 bridgehead atoms. The molecule has 0 saturated heterocycles. The number of quaternary nitrogens is 1. The largest absolute Gasteiger partial charge is 0.756 e. The summed E-state index contributed by atoms with van der Waals surface area (Å²) in [4.78, 5) is 25.6. The molecule has 0 rings (SSSR count). The van der Waals surface area contributed by atoms with Crippen LogP contribution in [0.4, 0.5) is 0 Å². The summed E-state index contributed by atoms with van der Waals surface area (Å²) in [7, 11) is 1.23. The van der Waals surface area contributed by atoms with Crippen LogP contribution in [-0.2, 0) is 18.4 Å². The Morgan fingerprint density at radius 1 is 0.468 bits per heavy atom. The molecular formula is C68H123N2O6P. The fourth-order valence-electron chi connectivity index (χ4n) is 9.08. The first-order chi connectivity index (χ1) is 37.5. The van der Waals surface area contributed by atoms with Gasteiger partial charge < -0.3 is 28.8 Å². The number of phosphoric acid groups is 1. The van der Waals surface area contributed by atoms with Crippen molar-refractivity contribution < 1.29 is 32.9 Å². The van der Waals surface area contributed by atoms with Gasteiger partial charge in [-0.3, -0.25) is 9.36 Å². The molecule has 0 aliphatic heterocycles. The second kappa shape index (κ2) is 58.1. The maximum absolute atomic E-state index is 13.0. The average molecular weight is 1100 g/mol. The first-order valence-corrected chi connectivity index (χ1v) is 33.6. The lowest BCUT2D eigenvalue weighted by Gasteiger charge is -2.29. The molecule has 8 nitrogen and oxygen atoms in total. The van der Waals surface area contributed by atoms with Crippen molar-refractivity contribution in [3.8, 4) is 0 Å². The Balaban J connectivity index is 4.22. The van der Waals surface area contributed by atoms with Gasteiger partial charge in [-0.2, -0.15) is 0 Å². The Bertz CT molecular complexity index is 1570. The van der Waals surface area contributed by atoms with Gasteiger partial charge in [0.1, 0.15) is 13.2 Å². The summed E-state index contributed by atoms with van der Waals surface area (Å²) >= 11 is 0. The van der Waals surface area contributed by atoms with Crippen LogP contribution in [0, 0.1) is 0 Å². The Morgan fingerprint density at radius 2 is 0.792 bits per heavy atom. The number of nitrogens with zero attached hydrogens (tertiary/aromatic N) is 1. The first-order valence-electron chi connectivity index (χ1n) is 32.1. The van der Waals surface area contributed by atoms with Crippen molar-refractivity contribution in [1.82, 2.24) is 5.32 Å². The topological polar surface area (TPSA) is 108 Å². The Labute approximate surface area is 477 Å². The number of amides is 1. The van der Waals surface area contributed by atoms with E-state index in [0.717, 1.165) is 83.5 Å². The summed E-state index contributed by atoms with van der Waals surface area (Å²) in [5.74, 6) is -0.230. The van der Waals surface area contributed by atoms with Gasteiger partial charge in [-0.25, -0.2) is 0 Å². The fraction of sp³-hybridized carbons (Fsp3) is 0.750. The number of carbonyl (C=O) groups is 1. The minimum atomic E-state index is -4.62. The molecule has 77 heavy (non-hydrogen) atoms. The molecule has 0 saturated carbocycles. The number of aliphatic hydroxyl groups is 1. The third-order valence-corrected chi connectivity index (χ3v) is 15.0. The number of hydrogen-bond donors (Lipinski definition) is 2. The SMILES string of the molecule is CC/C=C\C/C=C\C/C=C\C/C=C\C/C=C\C/C=C\C/C=C\CCCCCC(=O)NC(COP(=O)([O-])OCC[N+](C)(C)C)C(O)/C=C/CCCCCCCCCCCCCCCCCCCCCCCCCCCCCC. The molecule has 0 heterocycles. The van der Waals surface area contributed by atoms with Crippen molar-refractivity contribution in [2.45, 2.75) is 289 Å². The Hall–Kier alpha value is -2.58. The van der Waals surface area contributed by atoms with Gasteiger partial charge in [-0.1, -0.05) is 291 Å². The van der Waals surface area contributed by atoms with Crippen LogP contribution >= 0.6 is 7.82 Å². The van der Waals surface area contributed by atoms with E-state index >= 15 is 0 Å². The van der Waals surface area contributed by atoms with Crippen molar-refractivity contribution in [3.63, 3.8) is 0 Å². The number of nitrogens with one attached hydrogen (secondary N) is 1. The summed E-state index contributed by atoms with van der Waals surface area (Å²) < 4.78 is 23.4. The molecule has 2 N–H and O–H groups in total. The molecule has 0 aromatic carbocycles. The summed E-state index contributed by atoms with van der Waals surface area (Å²) in [6.07, 6.45) is 83.7. The number of unbranched alkanes of at least 4 members (excludes halogenated alkanes) is 31. The smallest absolute Gasteiger partial charge is 0.268 e. The number of phosphoric ester groups is 1. The van der Waals surface area contributed by atoms with Crippen LogP contribution in [0.2, 0.25) is 0 Å². The van der Waals surface area contributed by atoms with Crippen LogP contribution in [0.25, 0.3) is 0 Å². The second-order valence-corrected chi connectivity index (χ2v) is 24.1. The van der Waals surface area contributed by atoms with Crippen LogP contribution in [0.15, 0.2) is 97.2 Å². The molecule has 9 heteroatoms. The molecule has 446 valence electrons. The molecule has 0 aromatic heterocycles. The highest BCUT2D eigenvalue weighted by molar-refractivity contribution is 7.45. The van der Waals surface area contributed by atoms with Gasteiger partial charge in [0.05, 0.1) is 39.9 Å². The molecule has 1 amide bonds. The first kappa shape index (κ1) is 74.4. The normalized spacial score (nSPS) is 14.4. The maximum atomic E-state index is 13.0.